The van der Waals surface area contributed by atoms with Crippen molar-refractivity contribution in [1.82, 2.24) is 0 Å². The van der Waals surface area contributed by atoms with Crippen molar-refractivity contribution in [2.45, 2.75) is 6.92 Å². The molecule has 6 heteroatoms. The Balaban J connectivity index is 1.45. The SMILES string of the molecule is C=C(C)C(=O)OCCOCCOCCOc1c2ccccc2cc2ccc(Cl)cc12. The Bertz CT molecular complexity index is 1030. The quantitative estimate of drug-likeness (QED) is 0.182. The number of carbonyl (C=O) groups is 1. The first-order chi connectivity index (χ1) is 14.6. The van der Waals surface area contributed by atoms with Crippen LogP contribution in [0.25, 0.3) is 21.5 Å². The van der Waals surface area contributed by atoms with E-state index in [-0.39, 0.29) is 6.61 Å². The van der Waals surface area contributed by atoms with Gasteiger partial charge in [0.05, 0.1) is 26.4 Å². The van der Waals surface area contributed by atoms with Gasteiger partial charge in [0, 0.05) is 21.4 Å². The summed E-state index contributed by atoms with van der Waals surface area (Å²) in [5.41, 5.74) is 0.375. The number of halogens is 1. The van der Waals surface area contributed by atoms with E-state index >= 15 is 0 Å². The highest BCUT2D eigenvalue weighted by Gasteiger charge is 2.09. The molecule has 0 spiro atoms. The van der Waals surface area contributed by atoms with Crippen molar-refractivity contribution in [1.29, 1.82) is 0 Å². The molecule has 0 N–H and O–H groups in total. The Hall–Kier alpha value is -2.60. The summed E-state index contributed by atoms with van der Waals surface area (Å²) in [4.78, 5) is 11.2. The molecule has 0 aliphatic rings. The van der Waals surface area contributed by atoms with E-state index in [1.165, 1.54) is 0 Å². The van der Waals surface area contributed by atoms with E-state index in [0.29, 0.717) is 43.6 Å². The molecule has 0 radical (unpaired) electrons. The second kappa shape index (κ2) is 11.0. The van der Waals surface area contributed by atoms with E-state index in [0.717, 1.165) is 27.3 Å². The number of hydrogen-bond acceptors (Lipinski definition) is 5. The molecular formula is C24H25ClO5. The number of benzene rings is 3. The van der Waals surface area contributed by atoms with Crippen molar-refractivity contribution >= 4 is 39.1 Å². The van der Waals surface area contributed by atoms with Gasteiger partial charge in [0.1, 0.15) is 19.0 Å². The van der Waals surface area contributed by atoms with Crippen LogP contribution >= 0.6 is 11.6 Å². The van der Waals surface area contributed by atoms with Crippen molar-refractivity contribution < 1.29 is 23.7 Å². The lowest BCUT2D eigenvalue weighted by atomic mass is 10.0. The third-order valence-corrected chi connectivity index (χ3v) is 4.67. The zero-order valence-electron chi connectivity index (χ0n) is 17.0. The molecule has 0 amide bonds. The van der Waals surface area contributed by atoms with E-state index in [2.05, 4.69) is 18.7 Å². The van der Waals surface area contributed by atoms with E-state index in [1.807, 2.05) is 36.4 Å². The fourth-order valence-electron chi connectivity index (χ4n) is 2.99. The fourth-order valence-corrected chi connectivity index (χ4v) is 3.16. The molecule has 3 rings (SSSR count). The highest BCUT2D eigenvalue weighted by molar-refractivity contribution is 6.31. The molecule has 0 saturated carbocycles. The van der Waals surface area contributed by atoms with Crippen LogP contribution in [0.1, 0.15) is 6.92 Å². The molecule has 0 aliphatic carbocycles. The highest BCUT2D eigenvalue weighted by atomic mass is 35.5. The van der Waals surface area contributed by atoms with Crippen LogP contribution < -0.4 is 4.74 Å². The Morgan fingerprint density at radius 1 is 0.867 bits per heavy atom. The Morgan fingerprint density at radius 3 is 2.30 bits per heavy atom. The number of esters is 1. The van der Waals surface area contributed by atoms with E-state index < -0.39 is 5.97 Å². The highest BCUT2D eigenvalue weighted by Crippen LogP contribution is 2.36. The molecule has 3 aromatic rings. The zero-order valence-corrected chi connectivity index (χ0v) is 17.7. The number of carbonyl (C=O) groups excluding carboxylic acids is 1. The van der Waals surface area contributed by atoms with Crippen molar-refractivity contribution in [3.8, 4) is 5.75 Å². The largest absolute Gasteiger partial charge is 0.490 e. The number of ether oxygens (including phenoxy) is 4. The van der Waals surface area contributed by atoms with Crippen LogP contribution in [0.4, 0.5) is 0 Å². The predicted molar refractivity (Wildman–Crippen MR) is 119 cm³/mol. The van der Waals surface area contributed by atoms with Crippen molar-refractivity contribution in [2.75, 3.05) is 39.6 Å². The minimum absolute atomic E-state index is 0.200. The fraction of sp³-hybridized carbons (Fsp3) is 0.292. The van der Waals surface area contributed by atoms with Gasteiger partial charge in [0.15, 0.2) is 0 Å². The molecule has 0 aliphatic heterocycles. The summed E-state index contributed by atoms with van der Waals surface area (Å²) in [7, 11) is 0. The summed E-state index contributed by atoms with van der Waals surface area (Å²) in [6.07, 6.45) is 0. The molecule has 158 valence electrons. The van der Waals surface area contributed by atoms with Gasteiger partial charge in [0.2, 0.25) is 0 Å². The summed E-state index contributed by atoms with van der Waals surface area (Å²) < 4.78 is 22.0. The lowest BCUT2D eigenvalue weighted by Gasteiger charge is -2.14. The third kappa shape index (κ3) is 5.95. The molecule has 0 unspecified atom stereocenters. The Morgan fingerprint density at radius 2 is 1.53 bits per heavy atom. The van der Waals surface area contributed by atoms with Gasteiger partial charge in [-0.15, -0.1) is 0 Å². The number of hydrogen-bond donors (Lipinski definition) is 0. The van der Waals surface area contributed by atoms with Crippen LogP contribution in [0.2, 0.25) is 5.02 Å². The topological polar surface area (TPSA) is 54.0 Å². The minimum atomic E-state index is -0.408. The van der Waals surface area contributed by atoms with Crippen molar-refractivity contribution in [3.05, 3.63) is 65.7 Å². The molecule has 5 nitrogen and oxygen atoms in total. The predicted octanol–water partition coefficient (Wildman–Crippen LogP) is 5.18. The molecule has 30 heavy (non-hydrogen) atoms. The van der Waals surface area contributed by atoms with E-state index in [4.69, 9.17) is 30.5 Å². The van der Waals surface area contributed by atoms with Crippen LogP contribution in [-0.4, -0.2) is 45.6 Å². The Kier molecular flexibility index (Phi) is 8.08. The molecule has 0 aromatic heterocycles. The van der Waals surface area contributed by atoms with Gasteiger partial charge in [-0.1, -0.05) is 48.5 Å². The lowest BCUT2D eigenvalue weighted by Crippen LogP contribution is -2.14. The summed E-state index contributed by atoms with van der Waals surface area (Å²) in [6, 6.07) is 16.1. The van der Waals surface area contributed by atoms with Crippen LogP contribution in [0.5, 0.6) is 5.75 Å². The molecule has 3 aromatic carbocycles. The normalized spacial score (nSPS) is 11.0. The van der Waals surface area contributed by atoms with Gasteiger partial charge in [0.25, 0.3) is 0 Å². The van der Waals surface area contributed by atoms with Gasteiger partial charge < -0.3 is 18.9 Å². The molecule has 0 fully saturated rings. The maximum absolute atomic E-state index is 11.2. The first-order valence-corrected chi connectivity index (χ1v) is 10.2. The van der Waals surface area contributed by atoms with Crippen molar-refractivity contribution in [3.63, 3.8) is 0 Å². The van der Waals surface area contributed by atoms with Crippen LogP contribution in [0.15, 0.2) is 60.7 Å². The zero-order chi connectivity index (χ0) is 21.3. The maximum atomic E-state index is 11.2. The van der Waals surface area contributed by atoms with Crippen molar-refractivity contribution in [2.24, 2.45) is 0 Å². The Labute approximate surface area is 181 Å². The van der Waals surface area contributed by atoms with Gasteiger partial charge in [-0.3, -0.25) is 0 Å². The summed E-state index contributed by atoms with van der Waals surface area (Å²) in [6.45, 7) is 7.33. The van der Waals surface area contributed by atoms with Gasteiger partial charge in [-0.05, 0) is 35.9 Å². The average molecular weight is 429 g/mol. The first kappa shape index (κ1) is 22.1. The monoisotopic (exact) mass is 428 g/mol. The maximum Gasteiger partial charge on any atom is 0.333 e. The second-order valence-electron chi connectivity index (χ2n) is 6.78. The van der Waals surface area contributed by atoms with Crippen LogP contribution in [0, 0.1) is 0 Å². The van der Waals surface area contributed by atoms with Gasteiger partial charge in [-0.25, -0.2) is 4.79 Å². The number of rotatable bonds is 11. The summed E-state index contributed by atoms with van der Waals surface area (Å²) >= 11 is 6.20. The van der Waals surface area contributed by atoms with E-state index in [1.54, 1.807) is 6.92 Å². The molecule has 0 saturated heterocycles. The van der Waals surface area contributed by atoms with E-state index in [9.17, 15) is 4.79 Å². The number of fused-ring (bicyclic) bond motifs is 2. The van der Waals surface area contributed by atoms with Crippen LogP contribution in [-0.2, 0) is 19.0 Å². The third-order valence-electron chi connectivity index (χ3n) is 4.43. The first-order valence-electron chi connectivity index (χ1n) is 9.78. The summed E-state index contributed by atoms with van der Waals surface area (Å²) in [5, 5.41) is 4.89. The molecule has 0 bridgehead atoms. The molecule has 0 heterocycles. The lowest BCUT2D eigenvalue weighted by molar-refractivity contribution is -0.140. The van der Waals surface area contributed by atoms with Crippen LogP contribution in [0.3, 0.4) is 0 Å². The van der Waals surface area contributed by atoms with Gasteiger partial charge in [-0.2, -0.15) is 0 Å². The van der Waals surface area contributed by atoms with Gasteiger partial charge >= 0.3 is 5.97 Å². The minimum Gasteiger partial charge on any atom is -0.490 e. The average Bonchev–Trinajstić information content (AvgIpc) is 2.74. The smallest absolute Gasteiger partial charge is 0.333 e. The molecule has 0 atom stereocenters. The molecular weight excluding hydrogens is 404 g/mol. The standard InChI is InChI=1S/C24H25ClO5/c1-17(2)24(26)30-14-12-28-10-9-27-11-13-29-23-21-6-4-3-5-18(21)15-19-7-8-20(25)16-22(19)23/h3-8,15-16H,1,9-14H2,2H3. The second-order valence-corrected chi connectivity index (χ2v) is 7.22. The summed E-state index contributed by atoms with van der Waals surface area (Å²) in [5.74, 6) is 0.402.